The highest BCUT2D eigenvalue weighted by Crippen LogP contribution is 2.28. The molecule has 0 amide bonds. The van der Waals surface area contributed by atoms with Crippen LogP contribution in [-0.2, 0) is 0 Å². The third-order valence-corrected chi connectivity index (χ3v) is 3.25. The van der Waals surface area contributed by atoms with Crippen LogP contribution in [0.4, 0.5) is 19.6 Å². The van der Waals surface area contributed by atoms with E-state index in [9.17, 15) is 8.78 Å². The smallest absolute Gasteiger partial charge is 0.187 e. The lowest BCUT2D eigenvalue weighted by molar-refractivity contribution is 0.568. The van der Waals surface area contributed by atoms with Crippen LogP contribution in [0.5, 0.6) is 0 Å². The molecule has 0 atom stereocenters. The molecule has 0 radical (unpaired) electrons. The monoisotopic (exact) mass is 278 g/mol. The molecular formula is C13H8F2N2OS. The van der Waals surface area contributed by atoms with Crippen LogP contribution < -0.4 is 5.32 Å². The Balaban J connectivity index is 1.84. The van der Waals surface area contributed by atoms with Crippen molar-refractivity contribution in [3.05, 3.63) is 53.8 Å². The van der Waals surface area contributed by atoms with Gasteiger partial charge in [0.15, 0.2) is 5.13 Å². The van der Waals surface area contributed by atoms with Crippen molar-refractivity contribution in [2.24, 2.45) is 0 Å². The number of hydrogen-bond donors (Lipinski definition) is 1. The summed E-state index contributed by atoms with van der Waals surface area (Å²) < 4.78 is 31.2. The van der Waals surface area contributed by atoms with Crippen molar-refractivity contribution in [3.63, 3.8) is 0 Å². The van der Waals surface area contributed by atoms with E-state index in [1.165, 1.54) is 23.5 Å². The maximum absolute atomic E-state index is 13.5. The predicted molar refractivity (Wildman–Crippen MR) is 69.5 cm³/mol. The molecule has 3 rings (SSSR count). The first-order valence-electron chi connectivity index (χ1n) is 5.42. The lowest BCUT2D eigenvalue weighted by atomic mass is 10.3. The highest BCUT2D eigenvalue weighted by Gasteiger charge is 2.08. The van der Waals surface area contributed by atoms with Crippen LogP contribution in [-0.4, -0.2) is 4.98 Å². The number of nitrogens with one attached hydrogen (secondary N) is 1. The lowest BCUT2D eigenvalue weighted by Crippen LogP contribution is -1.93. The first kappa shape index (κ1) is 11.9. The fraction of sp³-hybridized carbons (Fsp3) is 0. The average Bonchev–Trinajstić information content (AvgIpc) is 3.03. The summed E-state index contributed by atoms with van der Waals surface area (Å²) in [5.74, 6) is -1.26. The number of hydrogen-bond acceptors (Lipinski definition) is 4. The molecule has 3 nitrogen and oxygen atoms in total. The van der Waals surface area contributed by atoms with E-state index in [0.29, 0.717) is 5.13 Å². The van der Waals surface area contributed by atoms with Gasteiger partial charge in [-0.3, -0.25) is 0 Å². The standard InChI is InChI=1S/C13H8F2N2OS/c14-9-1-2-11(10(15)5-9)16-13-17-12(7-19-13)8-3-4-18-6-8/h1-7H,(H,16,17). The molecular weight excluding hydrogens is 270 g/mol. The molecule has 1 aromatic carbocycles. The molecule has 0 aliphatic carbocycles. The summed E-state index contributed by atoms with van der Waals surface area (Å²) >= 11 is 1.33. The van der Waals surface area contributed by atoms with Gasteiger partial charge in [0, 0.05) is 17.0 Å². The van der Waals surface area contributed by atoms with Gasteiger partial charge in [0.05, 0.1) is 23.9 Å². The fourth-order valence-corrected chi connectivity index (χ4v) is 2.31. The van der Waals surface area contributed by atoms with Crippen LogP contribution in [0.25, 0.3) is 11.3 Å². The van der Waals surface area contributed by atoms with Crippen molar-refractivity contribution in [1.29, 1.82) is 0 Å². The predicted octanol–water partition coefficient (Wildman–Crippen LogP) is 4.42. The van der Waals surface area contributed by atoms with Crippen molar-refractivity contribution in [2.45, 2.75) is 0 Å². The summed E-state index contributed by atoms with van der Waals surface area (Å²) in [7, 11) is 0. The second-order valence-corrected chi connectivity index (χ2v) is 4.66. The van der Waals surface area contributed by atoms with Crippen LogP contribution in [0.15, 0.2) is 46.6 Å². The first-order valence-corrected chi connectivity index (χ1v) is 6.30. The van der Waals surface area contributed by atoms with E-state index in [1.807, 2.05) is 5.38 Å². The van der Waals surface area contributed by atoms with Crippen LogP contribution in [0.3, 0.4) is 0 Å². The Kier molecular flexibility index (Phi) is 3.00. The van der Waals surface area contributed by atoms with Gasteiger partial charge < -0.3 is 9.73 Å². The van der Waals surface area contributed by atoms with E-state index in [4.69, 9.17) is 4.42 Å². The van der Waals surface area contributed by atoms with Gasteiger partial charge >= 0.3 is 0 Å². The molecule has 19 heavy (non-hydrogen) atoms. The molecule has 0 aliphatic heterocycles. The van der Waals surface area contributed by atoms with E-state index in [-0.39, 0.29) is 5.69 Å². The molecule has 2 aromatic heterocycles. The minimum Gasteiger partial charge on any atom is -0.472 e. The summed E-state index contributed by atoms with van der Waals surface area (Å²) in [4.78, 5) is 4.30. The number of rotatable bonds is 3. The van der Waals surface area contributed by atoms with Crippen molar-refractivity contribution in [3.8, 4) is 11.3 Å². The first-order chi connectivity index (χ1) is 9.22. The second-order valence-electron chi connectivity index (χ2n) is 3.80. The number of halogens is 2. The molecule has 0 saturated carbocycles. The number of nitrogens with zero attached hydrogens (tertiary/aromatic N) is 1. The molecule has 0 fully saturated rings. The van der Waals surface area contributed by atoms with Gasteiger partial charge in [0.1, 0.15) is 11.6 Å². The third-order valence-electron chi connectivity index (χ3n) is 2.49. The highest BCUT2D eigenvalue weighted by molar-refractivity contribution is 7.14. The van der Waals surface area contributed by atoms with E-state index in [1.54, 1.807) is 18.6 Å². The molecule has 0 bridgehead atoms. The maximum atomic E-state index is 13.5. The quantitative estimate of drug-likeness (QED) is 0.770. The number of furan rings is 1. The summed E-state index contributed by atoms with van der Waals surface area (Å²) in [6.07, 6.45) is 3.14. The molecule has 0 aliphatic rings. The van der Waals surface area contributed by atoms with Crippen molar-refractivity contribution in [2.75, 3.05) is 5.32 Å². The van der Waals surface area contributed by atoms with Gasteiger partial charge in [-0.1, -0.05) is 0 Å². The highest BCUT2D eigenvalue weighted by atomic mass is 32.1. The number of aromatic nitrogens is 1. The minimum atomic E-state index is -0.653. The Morgan fingerprint density at radius 3 is 2.84 bits per heavy atom. The average molecular weight is 278 g/mol. The Bertz CT molecular complexity index is 694. The molecule has 6 heteroatoms. The van der Waals surface area contributed by atoms with Crippen LogP contribution >= 0.6 is 11.3 Å². The molecule has 0 saturated heterocycles. The Morgan fingerprint density at radius 1 is 1.21 bits per heavy atom. The lowest BCUT2D eigenvalue weighted by Gasteiger charge is -2.03. The van der Waals surface area contributed by atoms with Gasteiger partial charge in [-0.15, -0.1) is 11.3 Å². The molecule has 3 aromatic rings. The van der Waals surface area contributed by atoms with Gasteiger partial charge in [-0.25, -0.2) is 13.8 Å². The number of anilines is 2. The van der Waals surface area contributed by atoms with Gasteiger partial charge in [-0.05, 0) is 18.2 Å². The van der Waals surface area contributed by atoms with E-state index >= 15 is 0 Å². The van der Waals surface area contributed by atoms with E-state index in [0.717, 1.165) is 17.3 Å². The Morgan fingerprint density at radius 2 is 2.11 bits per heavy atom. The van der Waals surface area contributed by atoms with Gasteiger partial charge in [0.2, 0.25) is 0 Å². The fourth-order valence-electron chi connectivity index (χ4n) is 1.58. The van der Waals surface area contributed by atoms with Gasteiger partial charge in [-0.2, -0.15) is 0 Å². The number of benzene rings is 1. The van der Waals surface area contributed by atoms with Gasteiger partial charge in [0.25, 0.3) is 0 Å². The molecule has 0 unspecified atom stereocenters. The van der Waals surface area contributed by atoms with Crippen LogP contribution in [0.1, 0.15) is 0 Å². The van der Waals surface area contributed by atoms with E-state index in [2.05, 4.69) is 10.3 Å². The van der Waals surface area contributed by atoms with Crippen molar-refractivity contribution >= 4 is 22.2 Å². The molecule has 1 N–H and O–H groups in total. The molecule has 0 spiro atoms. The summed E-state index contributed by atoms with van der Waals surface area (Å²) in [5, 5.41) is 5.17. The molecule has 96 valence electrons. The maximum Gasteiger partial charge on any atom is 0.187 e. The zero-order chi connectivity index (χ0) is 13.2. The SMILES string of the molecule is Fc1ccc(Nc2nc(-c3ccoc3)cs2)c(F)c1. The van der Waals surface area contributed by atoms with Crippen LogP contribution in [0, 0.1) is 11.6 Å². The largest absolute Gasteiger partial charge is 0.472 e. The normalized spacial score (nSPS) is 10.6. The Hall–Kier alpha value is -2.21. The molecule has 2 heterocycles. The second kappa shape index (κ2) is 4.81. The third kappa shape index (κ3) is 2.48. The van der Waals surface area contributed by atoms with E-state index < -0.39 is 11.6 Å². The topological polar surface area (TPSA) is 38.1 Å². The zero-order valence-electron chi connectivity index (χ0n) is 9.56. The van der Waals surface area contributed by atoms with Crippen molar-refractivity contribution in [1.82, 2.24) is 4.98 Å². The summed E-state index contributed by atoms with van der Waals surface area (Å²) in [6.45, 7) is 0. The summed E-state index contributed by atoms with van der Waals surface area (Å²) in [6, 6.07) is 5.14. The number of thiazole rings is 1. The van der Waals surface area contributed by atoms with Crippen molar-refractivity contribution < 1.29 is 13.2 Å². The minimum absolute atomic E-state index is 0.189. The Labute approximate surface area is 111 Å². The summed E-state index contributed by atoms with van der Waals surface area (Å²) in [5.41, 5.74) is 1.78. The zero-order valence-corrected chi connectivity index (χ0v) is 10.4. The van der Waals surface area contributed by atoms with Crippen LogP contribution in [0.2, 0.25) is 0 Å².